The van der Waals surface area contributed by atoms with E-state index in [0.29, 0.717) is 29.9 Å². The van der Waals surface area contributed by atoms with Crippen molar-refractivity contribution < 1.29 is 0 Å². The predicted octanol–water partition coefficient (Wildman–Crippen LogP) is 5.00. The third-order valence-corrected chi connectivity index (χ3v) is 6.55. The fraction of sp³-hybridized carbons (Fsp3) is 0.296. The van der Waals surface area contributed by atoms with Crippen LogP contribution < -0.4 is 26.8 Å². The number of aromatic nitrogens is 3. The fourth-order valence-corrected chi connectivity index (χ4v) is 4.59. The normalized spacial score (nSPS) is 14.1. The molecular formula is C27H28N6O2. The zero-order chi connectivity index (χ0) is 24.0. The van der Waals surface area contributed by atoms with Gasteiger partial charge in [-0.25, -0.2) is 4.98 Å². The van der Waals surface area contributed by atoms with Gasteiger partial charge >= 0.3 is 0 Å². The summed E-state index contributed by atoms with van der Waals surface area (Å²) >= 11 is 0. The SMILES string of the molecule is O=c1c(NCCC2CCCCC2)c(Nc2ccnc(Nc3ccc(-c4ccncc4)cc3)n2)c1=O. The largest absolute Gasteiger partial charge is 0.380 e. The summed E-state index contributed by atoms with van der Waals surface area (Å²) in [5, 5.41) is 9.35. The van der Waals surface area contributed by atoms with Crippen molar-refractivity contribution in [2.45, 2.75) is 38.5 Å². The van der Waals surface area contributed by atoms with Crippen molar-refractivity contribution in [1.29, 1.82) is 0 Å². The summed E-state index contributed by atoms with van der Waals surface area (Å²) < 4.78 is 0. The topological polar surface area (TPSA) is 109 Å². The van der Waals surface area contributed by atoms with E-state index < -0.39 is 10.9 Å². The van der Waals surface area contributed by atoms with Crippen LogP contribution in [0.25, 0.3) is 11.1 Å². The molecule has 5 rings (SSSR count). The maximum Gasteiger partial charge on any atom is 0.253 e. The van der Waals surface area contributed by atoms with Gasteiger partial charge in [0, 0.05) is 30.8 Å². The lowest BCUT2D eigenvalue weighted by molar-refractivity contribution is 0.345. The average Bonchev–Trinajstić information content (AvgIpc) is 2.92. The molecule has 1 saturated carbocycles. The summed E-state index contributed by atoms with van der Waals surface area (Å²) in [6.45, 7) is 0.691. The van der Waals surface area contributed by atoms with Gasteiger partial charge in [0.1, 0.15) is 17.2 Å². The summed E-state index contributed by atoms with van der Waals surface area (Å²) in [6.07, 6.45) is 12.5. The summed E-state index contributed by atoms with van der Waals surface area (Å²) in [5.74, 6) is 1.53. The minimum absolute atomic E-state index is 0.269. The number of rotatable bonds is 9. The highest BCUT2D eigenvalue weighted by Crippen LogP contribution is 2.27. The average molecular weight is 469 g/mol. The molecule has 1 aliphatic rings. The monoisotopic (exact) mass is 468 g/mol. The first kappa shape index (κ1) is 22.7. The first-order chi connectivity index (χ1) is 17.2. The van der Waals surface area contributed by atoms with Gasteiger partial charge in [-0.1, -0.05) is 44.2 Å². The van der Waals surface area contributed by atoms with E-state index in [1.54, 1.807) is 24.7 Å². The number of nitrogens with one attached hydrogen (secondary N) is 3. The molecule has 8 nitrogen and oxygen atoms in total. The van der Waals surface area contributed by atoms with Gasteiger partial charge in [-0.2, -0.15) is 4.98 Å². The van der Waals surface area contributed by atoms with Crippen LogP contribution >= 0.6 is 0 Å². The Bertz CT molecular complexity index is 1340. The summed E-state index contributed by atoms with van der Waals surface area (Å²) in [4.78, 5) is 37.1. The number of anilines is 5. The number of hydrogen-bond acceptors (Lipinski definition) is 8. The van der Waals surface area contributed by atoms with Crippen LogP contribution in [-0.4, -0.2) is 21.5 Å². The lowest BCUT2D eigenvalue weighted by atomic mass is 9.87. The van der Waals surface area contributed by atoms with Gasteiger partial charge in [0.05, 0.1) is 0 Å². The minimum Gasteiger partial charge on any atom is -0.380 e. The second-order valence-corrected chi connectivity index (χ2v) is 8.96. The lowest BCUT2D eigenvalue weighted by Gasteiger charge is -2.22. The predicted molar refractivity (Wildman–Crippen MR) is 139 cm³/mol. The lowest BCUT2D eigenvalue weighted by Crippen LogP contribution is -2.37. The van der Waals surface area contributed by atoms with Crippen LogP contribution in [-0.2, 0) is 0 Å². The molecule has 0 saturated heterocycles. The van der Waals surface area contributed by atoms with E-state index in [0.717, 1.165) is 23.2 Å². The molecule has 2 aromatic carbocycles. The Balaban J connectivity index is 1.22. The molecule has 178 valence electrons. The summed E-state index contributed by atoms with van der Waals surface area (Å²) in [6, 6.07) is 13.5. The van der Waals surface area contributed by atoms with Crippen LogP contribution in [0.2, 0.25) is 0 Å². The van der Waals surface area contributed by atoms with Crippen molar-refractivity contribution in [2.75, 3.05) is 22.5 Å². The Hall–Kier alpha value is -4.07. The molecule has 2 heterocycles. The molecule has 0 aliphatic heterocycles. The quantitative estimate of drug-likeness (QED) is 0.294. The van der Waals surface area contributed by atoms with Crippen molar-refractivity contribution in [2.24, 2.45) is 5.92 Å². The van der Waals surface area contributed by atoms with Crippen LogP contribution in [0.5, 0.6) is 0 Å². The fourth-order valence-electron chi connectivity index (χ4n) is 4.59. The standard InChI is InChI=1S/C27H28N6O2/c34-25-23(29-16-10-18-4-2-1-3-5-18)24(26(25)35)32-22-13-17-30-27(33-22)31-21-8-6-19(7-9-21)20-11-14-28-15-12-20/h6-9,11-15,17-18,29H,1-5,10,16H2,(H2,30,31,32,33). The Morgan fingerprint density at radius 2 is 1.49 bits per heavy atom. The van der Waals surface area contributed by atoms with Gasteiger partial charge in [-0.15, -0.1) is 0 Å². The highest BCUT2D eigenvalue weighted by Gasteiger charge is 2.22. The van der Waals surface area contributed by atoms with E-state index in [2.05, 4.69) is 30.9 Å². The highest BCUT2D eigenvalue weighted by atomic mass is 16.2. The molecule has 0 bridgehead atoms. The van der Waals surface area contributed by atoms with Gasteiger partial charge in [-0.05, 0) is 53.8 Å². The van der Waals surface area contributed by atoms with Crippen molar-refractivity contribution in [3.8, 4) is 11.1 Å². The first-order valence-electron chi connectivity index (χ1n) is 12.1. The number of hydrogen-bond donors (Lipinski definition) is 3. The molecule has 0 radical (unpaired) electrons. The third kappa shape index (κ3) is 5.37. The molecule has 3 N–H and O–H groups in total. The molecule has 0 unspecified atom stereocenters. The molecule has 0 spiro atoms. The molecule has 0 atom stereocenters. The van der Waals surface area contributed by atoms with Crippen LogP contribution in [0, 0.1) is 5.92 Å². The maximum atomic E-state index is 12.2. The second kappa shape index (κ2) is 10.5. The van der Waals surface area contributed by atoms with Crippen molar-refractivity contribution in [3.05, 3.63) is 81.5 Å². The molecule has 8 heteroatoms. The molecule has 2 aromatic heterocycles. The second-order valence-electron chi connectivity index (χ2n) is 8.96. The van der Waals surface area contributed by atoms with E-state index in [1.165, 1.54) is 32.1 Å². The zero-order valence-electron chi connectivity index (χ0n) is 19.5. The van der Waals surface area contributed by atoms with Crippen molar-refractivity contribution >= 4 is 28.8 Å². The van der Waals surface area contributed by atoms with Gasteiger partial charge < -0.3 is 16.0 Å². The van der Waals surface area contributed by atoms with Crippen LogP contribution in [0.1, 0.15) is 38.5 Å². The molecular weight excluding hydrogens is 440 g/mol. The Kier molecular flexibility index (Phi) is 6.79. The minimum atomic E-state index is -0.523. The molecule has 0 amide bonds. The van der Waals surface area contributed by atoms with E-state index in [-0.39, 0.29) is 5.69 Å². The summed E-state index contributed by atoms with van der Waals surface area (Å²) in [5.41, 5.74) is 2.63. The van der Waals surface area contributed by atoms with E-state index in [9.17, 15) is 9.59 Å². The first-order valence-corrected chi connectivity index (χ1v) is 12.1. The Labute approximate surface area is 203 Å². The van der Waals surface area contributed by atoms with Crippen molar-refractivity contribution in [1.82, 2.24) is 15.0 Å². The number of benzene rings is 1. The molecule has 4 aromatic rings. The van der Waals surface area contributed by atoms with E-state index >= 15 is 0 Å². The van der Waals surface area contributed by atoms with Gasteiger partial charge in [-0.3, -0.25) is 14.6 Å². The van der Waals surface area contributed by atoms with E-state index in [4.69, 9.17) is 0 Å². The maximum absolute atomic E-state index is 12.2. The smallest absolute Gasteiger partial charge is 0.253 e. The Morgan fingerprint density at radius 1 is 0.771 bits per heavy atom. The van der Waals surface area contributed by atoms with Crippen molar-refractivity contribution in [3.63, 3.8) is 0 Å². The number of pyridine rings is 1. The van der Waals surface area contributed by atoms with Crippen LogP contribution in [0.15, 0.2) is 70.6 Å². The van der Waals surface area contributed by atoms with Gasteiger partial charge in [0.15, 0.2) is 0 Å². The van der Waals surface area contributed by atoms with Crippen LogP contribution in [0.4, 0.5) is 28.8 Å². The Morgan fingerprint density at radius 3 is 2.26 bits per heavy atom. The molecule has 1 aliphatic carbocycles. The summed E-state index contributed by atoms with van der Waals surface area (Å²) in [7, 11) is 0. The molecule has 1 fully saturated rings. The third-order valence-electron chi connectivity index (χ3n) is 6.55. The van der Waals surface area contributed by atoms with E-state index in [1.807, 2.05) is 36.4 Å². The van der Waals surface area contributed by atoms with Gasteiger partial charge in [0.2, 0.25) is 5.95 Å². The zero-order valence-corrected chi connectivity index (χ0v) is 19.5. The van der Waals surface area contributed by atoms with Crippen LogP contribution in [0.3, 0.4) is 0 Å². The number of nitrogens with zero attached hydrogens (tertiary/aromatic N) is 3. The van der Waals surface area contributed by atoms with Gasteiger partial charge in [0.25, 0.3) is 10.9 Å². The highest BCUT2D eigenvalue weighted by molar-refractivity contribution is 5.78. The molecule has 35 heavy (non-hydrogen) atoms.